The normalized spacial score (nSPS) is 8.06. The third-order valence-corrected chi connectivity index (χ3v) is 1.06. The van der Waals surface area contributed by atoms with Crippen LogP contribution in [-0.2, 0) is 14.4 Å². The molecule has 0 aliphatic rings. The number of carbonyl (C=O) groups excluding carboxylic acids is 3. The molecular formula is C6H8CaNNaO7. The van der Waals surface area contributed by atoms with Crippen LogP contribution in [0.3, 0.4) is 0 Å². The van der Waals surface area contributed by atoms with Crippen molar-refractivity contribution in [2.45, 2.75) is 0 Å². The standard InChI is InChI=1S/C6H9NO6.Ca.Na.H2O/c8-4(9)1-7(2-5(10)11)3-6(12)13;;;/h1-3H2,(H,8,9)(H,10,11)(H,12,13);;;1H2/q;+2;+1;/p-3. The number of hydrogen-bond acceptors (Lipinski definition) is 7. The summed E-state index contributed by atoms with van der Waals surface area (Å²) in [4.78, 5) is 30.6. The topological polar surface area (TPSA) is 155 Å². The molecular weight excluding hydrogens is 261 g/mol. The molecule has 10 heteroatoms. The fourth-order valence-corrected chi connectivity index (χ4v) is 0.715. The number of carbonyl (C=O) groups is 3. The number of carboxylic acids is 3. The van der Waals surface area contributed by atoms with E-state index in [1.165, 1.54) is 0 Å². The first-order chi connectivity index (χ1) is 5.91. The summed E-state index contributed by atoms with van der Waals surface area (Å²) in [6.07, 6.45) is 0. The largest absolute Gasteiger partial charge is 2.00 e. The van der Waals surface area contributed by atoms with E-state index >= 15 is 0 Å². The molecule has 0 saturated heterocycles. The van der Waals surface area contributed by atoms with Crippen LogP contribution < -0.4 is 44.9 Å². The van der Waals surface area contributed by atoms with Crippen molar-refractivity contribution in [2.75, 3.05) is 19.6 Å². The van der Waals surface area contributed by atoms with Crippen molar-refractivity contribution in [1.82, 2.24) is 4.90 Å². The quantitative estimate of drug-likeness (QED) is 0.433. The molecule has 0 aromatic rings. The maximum Gasteiger partial charge on any atom is 2.00 e. The third-order valence-electron chi connectivity index (χ3n) is 1.06. The van der Waals surface area contributed by atoms with Gasteiger partial charge >= 0.3 is 67.3 Å². The Balaban J connectivity index is -0.000000240. The summed E-state index contributed by atoms with van der Waals surface area (Å²) in [6, 6.07) is 0. The first-order valence-corrected chi connectivity index (χ1v) is 3.23. The maximum absolute atomic E-state index is 9.99. The minimum absolute atomic E-state index is 0. The molecule has 0 aromatic carbocycles. The van der Waals surface area contributed by atoms with Crippen molar-refractivity contribution < 1.29 is 64.7 Å². The average molecular weight is 269 g/mol. The first-order valence-electron chi connectivity index (χ1n) is 3.23. The van der Waals surface area contributed by atoms with Crippen LogP contribution in [0.5, 0.6) is 0 Å². The number of hydrogen-bond donors (Lipinski definition) is 0. The molecule has 0 bridgehead atoms. The van der Waals surface area contributed by atoms with Gasteiger partial charge in [0.2, 0.25) is 0 Å². The first kappa shape index (κ1) is 25.4. The Hall–Kier alpha value is 0.590. The second-order valence-electron chi connectivity index (χ2n) is 2.26. The summed E-state index contributed by atoms with van der Waals surface area (Å²) in [7, 11) is 0. The van der Waals surface area contributed by atoms with Gasteiger partial charge < -0.3 is 35.2 Å². The van der Waals surface area contributed by atoms with Crippen molar-refractivity contribution in [2.24, 2.45) is 0 Å². The molecule has 82 valence electrons. The zero-order chi connectivity index (χ0) is 10.4. The van der Waals surface area contributed by atoms with Crippen molar-refractivity contribution in [1.29, 1.82) is 0 Å². The molecule has 2 N–H and O–H groups in total. The zero-order valence-corrected chi connectivity index (χ0v) is 12.9. The Morgan fingerprint density at radius 2 is 1.00 bits per heavy atom. The van der Waals surface area contributed by atoms with Gasteiger partial charge in [-0.05, 0) is 0 Å². The molecule has 16 heavy (non-hydrogen) atoms. The molecule has 0 heterocycles. The van der Waals surface area contributed by atoms with E-state index in [-0.39, 0.29) is 72.8 Å². The predicted octanol–water partition coefficient (Wildman–Crippen LogP) is -9.66. The van der Waals surface area contributed by atoms with Gasteiger partial charge in [-0.2, -0.15) is 0 Å². The van der Waals surface area contributed by atoms with Gasteiger partial charge in [0.25, 0.3) is 0 Å². The summed E-state index contributed by atoms with van der Waals surface area (Å²) in [5.41, 5.74) is 0. The van der Waals surface area contributed by atoms with Crippen LogP contribution in [0.15, 0.2) is 0 Å². The van der Waals surface area contributed by atoms with Gasteiger partial charge in [-0.15, -0.1) is 0 Å². The Kier molecular flexibility index (Phi) is 21.7. The van der Waals surface area contributed by atoms with E-state index < -0.39 is 37.5 Å². The Bertz CT molecular complexity index is 199. The summed E-state index contributed by atoms with van der Waals surface area (Å²) < 4.78 is 0. The summed E-state index contributed by atoms with van der Waals surface area (Å²) in [5, 5.41) is 30.0. The smallest absolute Gasteiger partial charge is 0.549 e. The van der Waals surface area contributed by atoms with Gasteiger partial charge in [-0.25, -0.2) is 0 Å². The van der Waals surface area contributed by atoms with Gasteiger partial charge in [-0.1, -0.05) is 0 Å². The van der Waals surface area contributed by atoms with Crippen LogP contribution in [0.2, 0.25) is 0 Å². The van der Waals surface area contributed by atoms with Crippen LogP contribution in [0, 0.1) is 0 Å². The Morgan fingerprint density at radius 1 is 0.812 bits per heavy atom. The van der Waals surface area contributed by atoms with E-state index in [9.17, 15) is 29.7 Å². The van der Waals surface area contributed by atoms with E-state index in [1.54, 1.807) is 0 Å². The fraction of sp³-hybridized carbons (Fsp3) is 0.500. The van der Waals surface area contributed by atoms with Crippen LogP contribution in [0.1, 0.15) is 0 Å². The van der Waals surface area contributed by atoms with Crippen molar-refractivity contribution in [3.8, 4) is 0 Å². The summed E-state index contributed by atoms with van der Waals surface area (Å²) >= 11 is 0. The van der Waals surface area contributed by atoms with Gasteiger partial charge in [0, 0.05) is 19.6 Å². The predicted molar refractivity (Wildman–Crippen MR) is 40.8 cm³/mol. The SMILES string of the molecule is O.O=C([O-])CN(CC(=O)[O-])CC(=O)[O-].[Ca+2].[Na+]. The summed E-state index contributed by atoms with van der Waals surface area (Å²) in [6.45, 7) is -2.37. The van der Waals surface area contributed by atoms with E-state index in [1.807, 2.05) is 0 Å². The van der Waals surface area contributed by atoms with E-state index in [4.69, 9.17) is 0 Å². The fourth-order valence-electron chi connectivity index (χ4n) is 0.715. The number of nitrogens with zero attached hydrogens (tertiary/aromatic N) is 1. The number of aliphatic carboxylic acids is 3. The molecule has 0 radical (unpaired) electrons. The van der Waals surface area contributed by atoms with Crippen LogP contribution in [0.4, 0.5) is 0 Å². The zero-order valence-electron chi connectivity index (χ0n) is 8.73. The van der Waals surface area contributed by atoms with Crippen LogP contribution >= 0.6 is 0 Å². The van der Waals surface area contributed by atoms with Gasteiger partial charge in [0.1, 0.15) is 0 Å². The van der Waals surface area contributed by atoms with E-state index in [0.717, 1.165) is 0 Å². The minimum Gasteiger partial charge on any atom is -0.549 e. The Morgan fingerprint density at radius 3 is 1.12 bits per heavy atom. The maximum atomic E-state index is 9.99. The van der Waals surface area contributed by atoms with E-state index in [2.05, 4.69) is 0 Å². The average Bonchev–Trinajstić information content (AvgIpc) is 1.80. The molecule has 8 nitrogen and oxygen atoms in total. The molecule has 0 amide bonds. The van der Waals surface area contributed by atoms with Crippen LogP contribution in [0.25, 0.3) is 0 Å². The van der Waals surface area contributed by atoms with Crippen LogP contribution in [-0.4, -0.2) is 85.7 Å². The molecule has 0 aromatic heterocycles. The molecule has 0 rings (SSSR count). The minimum atomic E-state index is -1.57. The second kappa shape index (κ2) is 13.7. The Labute approximate surface area is 143 Å². The molecule has 0 atom stereocenters. The molecule has 0 aliphatic carbocycles. The molecule has 0 aliphatic heterocycles. The van der Waals surface area contributed by atoms with Gasteiger partial charge in [-0.3, -0.25) is 4.90 Å². The number of rotatable bonds is 6. The third kappa shape index (κ3) is 17.0. The molecule has 0 fully saturated rings. The van der Waals surface area contributed by atoms with Gasteiger partial charge in [0.15, 0.2) is 0 Å². The molecule has 0 saturated carbocycles. The van der Waals surface area contributed by atoms with Crippen molar-refractivity contribution >= 4 is 55.6 Å². The van der Waals surface area contributed by atoms with E-state index in [0.29, 0.717) is 4.90 Å². The van der Waals surface area contributed by atoms with Gasteiger partial charge in [0.05, 0.1) is 17.9 Å². The molecule has 0 unspecified atom stereocenters. The van der Waals surface area contributed by atoms with Crippen molar-refractivity contribution in [3.63, 3.8) is 0 Å². The summed E-state index contributed by atoms with van der Waals surface area (Å²) in [5.74, 6) is -4.70. The number of carboxylic acid groups (broad SMARTS) is 3. The second-order valence-corrected chi connectivity index (χ2v) is 2.26. The van der Waals surface area contributed by atoms with Crippen molar-refractivity contribution in [3.05, 3.63) is 0 Å². The monoisotopic (exact) mass is 269 g/mol. The molecule has 0 spiro atoms.